The first kappa shape index (κ1) is 21.3. The molecule has 0 aliphatic carbocycles. The summed E-state index contributed by atoms with van der Waals surface area (Å²) in [6.07, 6.45) is 0.300. The zero-order chi connectivity index (χ0) is 20.7. The van der Waals surface area contributed by atoms with E-state index in [9.17, 15) is 24.5 Å². The average molecular weight is 394 g/mol. The maximum atomic E-state index is 12.5. The molecule has 1 fully saturated rings. The molecule has 28 heavy (non-hydrogen) atoms. The smallest absolute Gasteiger partial charge is 0.329 e. The summed E-state index contributed by atoms with van der Waals surface area (Å²) in [5.41, 5.74) is 0.316. The quantitative estimate of drug-likeness (QED) is 0.391. The van der Waals surface area contributed by atoms with Crippen LogP contribution in [0.15, 0.2) is 24.3 Å². The van der Waals surface area contributed by atoms with Crippen LogP contribution in [-0.2, 0) is 28.6 Å². The second-order valence-electron chi connectivity index (χ2n) is 6.31. The number of hydrogen-bond donors (Lipinski definition) is 1. The van der Waals surface area contributed by atoms with Crippen molar-refractivity contribution in [3.05, 3.63) is 39.9 Å². The van der Waals surface area contributed by atoms with Crippen LogP contribution in [0.3, 0.4) is 0 Å². The molecule has 1 aromatic carbocycles. The summed E-state index contributed by atoms with van der Waals surface area (Å²) in [5, 5.41) is 13.5. The van der Waals surface area contributed by atoms with E-state index < -0.39 is 34.7 Å². The van der Waals surface area contributed by atoms with Crippen molar-refractivity contribution in [2.75, 3.05) is 27.4 Å². The summed E-state index contributed by atoms with van der Waals surface area (Å²) in [6, 6.07) is 4.24. The minimum Gasteiger partial charge on any atom is -0.469 e. The lowest BCUT2D eigenvalue weighted by atomic mass is 9.87. The number of ether oxygens (including phenoxy) is 3. The van der Waals surface area contributed by atoms with Crippen LogP contribution >= 0.6 is 0 Å². The Bertz CT molecular complexity index is 728. The molecule has 0 bridgehead atoms. The molecule has 0 spiro atoms. The van der Waals surface area contributed by atoms with E-state index in [1.54, 1.807) is 0 Å². The van der Waals surface area contributed by atoms with E-state index in [-0.39, 0.29) is 24.6 Å². The van der Waals surface area contributed by atoms with Crippen LogP contribution in [0.25, 0.3) is 0 Å². The number of amides is 1. The molecule has 1 aliphatic rings. The molecule has 0 radical (unpaired) electrons. The van der Waals surface area contributed by atoms with E-state index in [1.807, 2.05) is 0 Å². The van der Waals surface area contributed by atoms with Gasteiger partial charge in [0.15, 0.2) is 0 Å². The number of methoxy groups -OCH3 is 2. The van der Waals surface area contributed by atoms with Gasteiger partial charge in [-0.25, -0.2) is 4.79 Å². The molecular formula is C18H22N2O8. The van der Waals surface area contributed by atoms with Gasteiger partial charge in [-0.2, -0.15) is 0 Å². The van der Waals surface area contributed by atoms with Gasteiger partial charge in [0.05, 0.1) is 38.1 Å². The van der Waals surface area contributed by atoms with Crippen LogP contribution in [-0.4, -0.2) is 56.2 Å². The zero-order valence-corrected chi connectivity index (χ0v) is 15.6. The molecule has 0 aromatic heterocycles. The summed E-state index contributed by atoms with van der Waals surface area (Å²) < 4.78 is 14.7. The van der Waals surface area contributed by atoms with E-state index in [0.29, 0.717) is 18.6 Å². The molecule has 1 heterocycles. The van der Waals surface area contributed by atoms with Gasteiger partial charge in [-0.1, -0.05) is 12.1 Å². The Labute approximate surface area is 161 Å². The second kappa shape index (κ2) is 9.79. The first-order chi connectivity index (χ1) is 13.4. The largest absolute Gasteiger partial charge is 0.469 e. The molecule has 1 aromatic rings. The Kier molecular flexibility index (Phi) is 7.44. The van der Waals surface area contributed by atoms with Crippen molar-refractivity contribution in [3.63, 3.8) is 0 Å². The topological polar surface area (TPSA) is 134 Å². The summed E-state index contributed by atoms with van der Waals surface area (Å²) >= 11 is 0. The lowest BCUT2D eigenvalue weighted by Crippen LogP contribution is -2.48. The Hall–Kier alpha value is -3.01. The maximum absolute atomic E-state index is 12.5. The highest BCUT2D eigenvalue weighted by molar-refractivity contribution is 5.87. The predicted molar refractivity (Wildman–Crippen MR) is 95.3 cm³/mol. The fraction of sp³-hybridized carbons (Fsp3) is 0.500. The number of esters is 2. The van der Waals surface area contributed by atoms with Crippen LogP contribution in [0.5, 0.6) is 0 Å². The van der Waals surface area contributed by atoms with Gasteiger partial charge in [0.2, 0.25) is 5.91 Å². The fourth-order valence-corrected chi connectivity index (χ4v) is 3.00. The minimum absolute atomic E-state index is 0.137. The van der Waals surface area contributed by atoms with Crippen molar-refractivity contribution in [1.82, 2.24) is 5.32 Å². The molecule has 1 saturated heterocycles. The van der Waals surface area contributed by atoms with Crippen LogP contribution in [0.4, 0.5) is 5.69 Å². The van der Waals surface area contributed by atoms with E-state index in [1.165, 1.54) is 38.5 Å². The standard InChI is InChI=1S/C18H22N2O8/c1-26-15(21)9-14(11-3-5-13(6-4-11)20(24)25)16(18(23)27-2)19-17(22)12-7-8-28-10-12/h3-6,12,14,16H,7-10H2,1-2H3,(H,19,22)/t12-,14+,16-/m1/s1. The zero-order valence-electron chi connectivity index (χ0n) is 15.6. The fourth-order valence-electron chi connectivity index (χ4n) is 3.00. The van der Waals surface area contributed by atoms with E-state index in [2.05, 4.69) is 5.32 Å². The third kappa shape index (κ3) is 5.26. The van der Waals surface area contributed by atoms with Gasteiger partial charge < -0.3 is 19.5 Å². The third-order valence-corrected chi connectivity index (χ3v) is 4.60. The molecule has 2 rings (SSSR count). The molecular weight excluding hydrogens is 372 g/mol. The Balaban J connectivity index is 2.33. The number of carbonyl (C=O) groups is 3. The number of rotatable bonds is 8. The van der Waals surface area contributed by atoms with Crippen LogP contribution in [0.2, 0.25) is 0 Å². The molecule has 1 aliphatic heterocycles. The number of nitro benzene ring substituents is 1. The molecule has 1 amide bonds. The number of benzene rings is 1. The van der Waals surface area contributed by atoms with Crippen molar-refractivity contribution in [2.45, 2.75) is 24.8 Å². The minimum atomic E-state index is -1.17. The van der Waals surface area contributed by atoms with Crippen LogP contribution in [0, 0.1) is 16.0 Å². The van der Waals surface area contributed by atoms with Gasteiger partial charge in [-0.3, -0.25) is 19.7 Å². The van der Waals surface area contributed by atoms with E-state index in [0.717, 1.165) is 0 Å². The first-order valence-corrected chi connectivity index (χ1v) is 8.64. The normalized spacial score (nSPS) is 18.0. The molecule has 10 heteroatoms. The average Bonchev–Trinajstić information content (AvgIpc) is 3.24. The van der Waals surface area contributed by atoms with Gasteiger partial charge in [0.1, 0.15) is 6.04 Å². The molecule has 3 atom stereocenters. The summed E-state index contributed by atoms with van der Waals surface area (Å²) in [5.74, 6) is -2.95. The van der Waals surface area contributed by atoms with Gasteiger partial charge in [0, 0.05) is 24.7 Å². The van der Waals surface area contributed by atoms with E-state index >= 15 is 0 Å². The molecule has 10 nitrogen and oxygen atoms in total. The lowest BCUT2D eigenvalue weighted by molar-refractivity contribution is -0.384. The van der Waals surface area contributed by atoms with Crippen molar-refractivity contribution in [2.24, 2.45) is 5.92 Å². The summed E-state index contributed by atoms with van der Waals surface area (Å²) in [4.78, 5) is 47.1. The Morgan fingerprint density at radius 1 is 1.25 bits per heavy atom. The number of non-ortho nitro benzene ring substituents is 1. The number of hydrogen-bond acceptors (Lipinski definition) is 8. The molecule has 0 saturated carbocycles. The second-order valence-corrected chi connectivity index (χ2v) is 6.31. The highest BCUT2D eigenvalue weighted by atomic mass is 16.6. The maximum Gasteiger partial charge on any atom is 0.329 e. The van der Waals surface area contributed by atoms with Crippen molar-refractivity contribution in [3.8, 4) is 0 Å². The van der Waals surface area contributed by atoms with Gasteiger partial charge >= 0.3 is 11.9 Å². The number of nitro groups is 1. The molecule has 0 unspecified atom stereocenters. The number of carbonyl (C=O) groups excluding carboxylic acids is 3. The van der Waals surface area contributed by atoms with Crippen molar-refractivity contribution >= 4 is 23.5 Å². The molecule has 1 N–H and O–H groups in total. The number of nitrogens with one attached hydrogen (secondary N) is 1. The predicted octanol–water partition coefficient (Wildman–Crippen LogP) is 0.936. The van der Waals surface area contributed by atoms with Crippen LogP contribution < -0.4 is 5.32 Å². The van der Waals surface area contributed by atoms with Gasteiger partial charge in [0.25, 0.3) is 5.69 Å². The SMILES string of the molecule is COC(=O)C[C@@H](c1ccc([N+](=O)[O-])cc1)[C@@H](NC(=O)[C@@H]1CCOC1)C(=O)OC. The van der Waals surface area contributed by atoms with Gasteiger partial charge in [-0.05, 0) is 12.0 Å². The third-order valence-electron chi connectivity index (χ3n) is 4.60. The van der Waals surface area contributed by atoms with Crippen molar-refractivity contribution < 1.29 is 33.5 Å². The van der Waals surface area contributed by atoms with Crippen LogP contribution in [0.1, 0.15) is 24.3 Å². The molecule has 152 valence electrons. The summed E-state index contributed by atoms with van der Waals surface area (Å²) in [6.45, 7) is 0.702. The monoisotopic (exact) mass is 394 g/mol. The van der Waals surface area contributed by atoms with E-state index in [4.69, 9.17) is 14.2 Å². The lowest BCUT2D eigenvalue weighted by Gasteiger charge is -2.26. The summed E-state index contributed by atoms with van der Waals surface area (Å²) in [7, 11) is 2.38. The van der Waals surface area contributed by atoms with Crippen molar-refractivity contribution in [1.29, 1.82) is 0 Å². The highest BCUT2D eigenvalue weighted by Crippen LogP contribution is 2.28. The number of nitrogens with zero attached hydrogens (tertiary/aromatic N) is 1. The van der Waals surface area contributed by atoms with Gasteiger partial charge in [-0.15, -0.1) is 0 Å². The Morgan fingerprint density at radius 2 is 1.93 bits per heavy atom. The Morgan fingerprint density at radius 3 is 2.43 bits per heavy atom. The highest BCUT2D eigenvalue weighted by Gasteiger charge is 2.36. The first-order valence-electron chi connectivity index (χ1n) is 8.64.